The maximum Gasteiger partial charge on any atom is 0.0991 e. The highest BCUT2D eigenvalue weighted by Gasteiger charge is 2.46. The molecular formula is C19H26N2O3. The normalized spacial score (nSPS) is 27.0. The Bertz CT molecular complexity index is 584. The number of likely N-dealkylation sites (tertiary alicyclic amines) is 1. The number of rotatable bonds is 4. The molecule has 5 heteroatoms. The van der Waals surface area contributed by atoms with Crippen LogP contribution in [0.25, 0.3) is 0 Å². The molecule has 0 aliphatic carbocycles. The molecule has 3 rings (SSSR count). The van der Waals surface area contributed by atoms with E-state index in [0.29, 0.717) is 31.6 Å². The van der Waals surface area contributed by atoms with Crippen molar-refractivity contribution < 1.29 is 14.6 Å². The summed E-state index contributed by atoms with van der Waals surface area (Å²) >= 11 is 0. The van der Waals surface area contributed by atoms with E-state index in [1.54, 1.807) is 7.11 Å². The first-order valence-corrected chi connectivity index (χ1v) is 8.63. The van der Waals surface area contributed by atoms with Gasteiger partial charge in [0, 0.05) is 39.6 Å². The van der Waals surface area contributed by atoms with Crippen LogP contribution >= 0.6 is 0 Å². The highest BCUT2D eigenvalue weighted by molar-refractivity contribution is 5.31. The highest BCUT2D eigenvalue weighted by Crippen LogP contribution is 2.39. The number of piperidine rings is 1. The Hall–Kier alpha value is -1.45. The quantitative estimate of drug-likeness (QED) is 0.915. The van der Waals surface area contributed by atoms with Gasteiger partial charge in [0.2, 0.25) is 0 Å². The summed E-state index contributed by atoms with van der Waals surface area (Å²) in [7, 11) is 1.64. The van der Waals surface area contributed by atoms with Crippen LogP contribution in [-0.4, -0.2) is 54.6 Å². The van der Waals surface area contributed by atoms with Gasteiger partial charge >= 0.3 is 0 Å². The van der Waals surface area contributed by atoms with E-state index < -0.39 is 5.60 Å². The van der Waals surface area contributed by atoms with E-state index in [4.69, 9.17) is 14.7 Å². The predicted octanol–water partition coefficient (Wildman–Crippen LogP) is 2.08. The third kappa shape index (κ3) is 3.96. The van der Waals surface area contributed by atoms with Gasteiger partial charge in [0.1, 0.15) is 0 Å². The number of nitrogens with zero attached hydrogens (tertiary/aromatic N) is 2. The van der Waals surface area contributed by atoms with Crippen LogP contribution in [0, 0.1) is 11.3 Å². The molecule has 5 nitrogen and oxygen atoms in total. The number of methoxy groups -OCH3 is 1. The number of aliphatic hydroxyl groups is 1. The molecule has 2 aliphatic heterocycles. The molecule has 2 saturated heterocycles. The van der Waals surface area contributed by atoms with Crippen molar-refractivity contribution >= 4 is 0 Å². The van der Waals surface area contributed by atoms with Crippen LogP contribution in [0.1, 0.15) is 36.8 Å². The van der Waals surface area contributed by atoms with Gasteiger partial charge in [-0.25, -0.2) is 0 Å². The largest absolute Gasteiger partial charge is 0.387 e. The zero-order valence-electron chi connectivity index (χ0n) is 14.3. The minimum absolute atomic E-state index is 0.202. The minimum atomic E-state index is -0.748. The Labute approximate surface area is 143 Å². The van der Waals surface area contributed by atoms with Gasteiger partial charge in [-0.05, 0) is 30.5 Å². The van der Waals surface area contributed by atoms with Gasteiger partial charge in [-0.2, -0.15) is 5.26 Å². The van der Waals surface area contributed by atoms with E-state index in [1.165, 1.54) is 5.56 Å². The molecule has 0 amide bonds. The Kier molecular flexibility index (Phi) is 5.21. The molecule has 0 bridgehead atoms. The fraction of sp³-hybridized carbons (Fsp3) is 0.632. The molecule has 2 heterocycles. The van der Waals surface area contributed by atoms with Crippen LogP contribution in [0.4, 0.5) is 0 Å². The molecule has 1 N–H and O–H groups in total. The monoisotopic (exact) mass is 330 g/mol. The summed E-state index contributed by atoms with van der Waals surface area (Å²) in [4.78, 5) is 2.42. The maximum atomic E-state index is 10.7. The first-order valence-electron chi connectivity index (χ1n) is 8.63. The van der Waals surface area contributed by atoms with Crippen LogP contribution in [-0.2, 0) is 16.0 Å². The van der Waals surface area contributed by atoms with Gasteiger partial charge in [0.05, 0.1) is 36.0 Å². The van der Waals surface area contributed by atoms with Crippen molar-refractivity contribution in [3.8, 4) is 6.07 Å². The predicted molar refractivity (Wildman–Crippen MR) is 90.4 cm³/mol. The number of hydrogen-bond donors (Lipinski definition) is 1. The molecule has 1 aromatic rings. The molecule has 2 aliphatic rings. The lowest BCUT2D eigenvalue weighted by Gasteiger charge is -2.49. The second-order valence-electron chi connectivity index (χ2n) is 7.20. The Balaban J connectivity index is 1.56. The molecule has 1 atom stereocenters. The summed E-state index contributed by atoms with van der Waals surface area (Å²) in [6.45, 7) is 3.80. The molecule has 0 radical (unpaired) electrons. The lowest BCUT2D eigenvalue weighted by molar-refractivity contribution is -0.191. The van der Waals surface area contributed by atoms with E-state index in [0.717, 1.165) is 32.5 Å². The van der Waals surface area contributed by atoms with Crippen LogP contribution in [0.2, 0.25) is 0 Å². The molecular weight excluding hydrogens is 304 g/mol. The zero-order valence-corrected chi connectivity index (χ0v) is 14.3. The number of nitriles is 1. The summed E-state index contributed by atoms with van der Waals surface area (Å²) < 4.78 is 11.3. The maximum absolute atomic E-state index is 10.7. The van der Waals surface area contributed by atoms with Gasteiger partial charge < -0.3 is 14.6 Å². The average molecular weight is 330 g/mol. The fourth-order valence-electron chi connectivity index (χ4n) is 3.97. The van der Waals surface area contributed by atoms with Crippen molar-refractivity contribution in [3.05, 3.63) is 35.4 Å². The van der Waals surface area contributed by atoms with Gasteiger partial charge in [-0.3, -0.25) is 4.90 Å². The smallest absolute Gasteiger partial charge is 0.0991 e. The Morgan fingerprint density at radius 3 is 2.58 bits per heavy atom. The Morgan fingerprint density at radius 1 is 1.25 bits per heavy atom. The average Bonchev–Trinajstić information content (AvgIpc) is 2.58. The van der Waals surface area contributed by atoms with Crippen molar-refractivity contribution in [2.75, 3.05) is 33.4 Å². The summed E-state index contributed by atoms with van der Waals surface area (Å²) in [5, 5.41) is 19.6. The summed E-state index contributed by atoms with van der Waals surface area (Å²) in [5.74, 6) is 0. The first kappa shape index (κ1) is 17.4. The number of ether oxygens (including phenoxy) is 2. The molecule has 1 unspecified atom stereocenters. The third-order valence-electron chi connectivity index (χ3n) is 5.30. The summed E-state index contributed by atoms with van der Waals surface area (Å²) in [5.41, 5.74) is 0.976. The van der Waals surface area contributed by atoms with Crippen molar-refractivity contribution in [3.63, 3.8) is 0 Å². The van der Waals surface area contributed by atoms with Gasteiger partial charge in [0.15, 0.2) is 0 Å². The zero-order chi connectivity index (χ0) is 17.0. The van der Waals surface area contributed by atoms with Crippen LogP contribution in [0.5, 0.6) is 0 Å². The summed E-state index contributed by atoms with van der Waals surface area (Å²) in [6.07, 6.45) is 3.20. The second kappa shape index (κ2) is 7.20. The molecule has 1 aromatic carbocycles. The second-order valence-corrected chi connectivity index (χ2v) is 7.20. The molecule has 0 aromatic heterocycles. The molecule has 24 heavy (non-hydrogen) atoms. The minimum Gasteiger partial charge on any atom is -0.387 e. The molecule has 2 fully saturated rings. The number of hydrogen-bond acceptors (Lipinski definition) is 5. The van der Waals surface area contributed by atoms with Crippen molar-refractivity contribution in [2.45, 2.75) is 43.4 Å². The molecule has 130 valence electrons. The first-order chi connectivity index (χ1) is 11.6. The van der Waals surface area contributed by atoms with Crippen molar-refractivity contribution in [1.82, 2.24) is 4.90 Å². The standard InChI is InChI=1S/C19H26N2O3/c1-23-15-18(22)8-11-24-19(14-18)6-9-21(10-7-19)13-17-4-2-16(12-20)3-5-17/h2-5,22H,6-11,13-15H2,1H3. The van der Waals surface area contributed by atoms with Gasteiger partial charge in [0.25, 0.3) is 0 Å². The number of benzene rings is 1. The van der Waals surface area contributed by atoms with E-state index in [9.17, 15) is 5.11 Å². The van der Waals surface area contributed by atoms with E-state index in [2.05, 4.69) is 11.0 Å². The van der Waals surface area contributed by atoms with Gasteiger partial charge in [-0.15, -0.1) is 0 Å². The van der Waals surface area contributed by atoms with E-state index >= 15 is 0 Å². The molecule has 1 spiro atoms. The Morgan fingerprint density at radius 2 is 1.96 bits per heavy atom. The van der Waals surface area contributed by atoms with E-state index in [1.807, 2.05) is 24.3 Å². The van der Waals surface area contributed by atoms with Crippen molar-refractivity contribution in [1.29, 1.82) is 5.26 Å². The summed E-state index contributed by atoms with van der Waals surface area (Å²) in [6, 6.07) is 9.94. The van der Waals surface area contributed by atoms with E-state index in [-0.39, 0.29) is 5.60 Å². The highest BCUT2D eigenvalue weighted by atomic mass is 16.5. The van der Waals surface area contributed by atoms with Crippen LogP contribution in [0.3, 0.4) is 0 Å². The molecule has 0 saturated carbocycles. The van der Waals surface area contributed by atoms with Crippen LogP contribution < -0.4 is 0 Å². The third-order valence-corrected chi connectivity index (χ3v) is 5.30. The SMILES string of the molecule is COCC1(O)CCOC2(CCN(Cc3ccc(C#N)cc3)CC2)C1. The van der Waals surface area contributed by atoms with Crippen LogP contribution in [0.15, 0.2) is 24.3 Å². The van der Waals surface area contributed by atoms with Gasteiger partial charge in [-0.1, -0.05) is 12.1 Å². The fourth-order valence-corrected chi connectivity index (χ4v) is 3.97. The topological polar surface area (TPSA) is 65.7 Å². The lowest BCUT2D eigenvalue weighted by atomic mass is 9.77. The lowest BCUT2D eigenvalue weighted by Crippen LogP contribution is -2.55. The van der Waals surface area contributed by atoms with Crippen molar-refractivity contribution in [2.24, 2.45) is 0 Å².